The summed E-state index contributed by atoms with van der Waals surface area (Å²) in [7, 11) is 0. The van der Waals surface area contributed by atoms with Gasteiger partial charge < -0.3 is 5.11 Å². The highest BCUT2D eigenvalue weighted by atomic mass is 32.1. The first-order chi connectivity index (χ1) is 11.7. The van der Waals surface area contributed by atoms with Gasteiger partial charge in [-0.15, -0.1) is 0 Å². The molecule has 2 aromatic heterocycles. The molecule has 4 nitrogen and oxygen atoms in total. The van der Waals surface area contributed by atoms with E-state index in [4.69, 9.17) is 4.98 Å². The summed E-state index contributed by atoms with van der Waals surface area (Å²) in [5.41, 5.74) is 5.77. The van der Waals surface area contributed by atoms with Crippen molar-refractivity contribution in [1.82, 2.24) is 14.9 Å². The average Bonchev–Trinajstić information content (AvgIpc) is 3.08. The highest BCUT2D eigenvalue weighted by molar-refractivity contribution is 7.07. The molecule has 0 aliphatic carbocycles. The Morgan fingerprint density at radius 1 is 1.17 bits per heavy atom. The van der Waals surface area contributed by atoms with Crippen molar-refractivity contribution in [2.45, 2.75) is 26.4 Å². The summed E-state index contributed by atoms with van der Waals surface area (Å²) >= 11 is 1.74. The lowest BCUT2D eigenvalue weighted by Gasteiger charge is -2.29. The zero-order valence-corrected chi connectivity index (χ0v) is 14.4. The summed E-state index contributed by atoms with van der Waals surface area (Å²) < 4.78 is 0. The van der Waals surface area contributed by atoms with Gasteiger partial charge in [0.05, 0.1) is 11.4 Å². The number of hydrogen-bond acceptors (Lipinski definition) is 5. The monoisotopic (exact) mass is 337 g/mol. The van der Waals surface area contributed by atoms with Crippen molar-refractivity contribution in [3.05, 3.63) is 63.7 Å². The van der Waals surface area contributed by atoms with Crippen LogP contribution in [0.2, 0.25) is 0 Å². The lowest BCUT2D eigenvalue weighted by Crippen LogP contribution is -2.31. The van der Waals surface area contributed by atoms with Crippen LogP contribution in [0.4, 0.5) is 0 Å². The van der Waals surface area contributed by atoms with E-state index in [0.717, 1.165) is 48.8 Å². The van der Waals surface area contributed by atoms with Crippen LogP contribution in [0.25, 0.3) is 11.3 Å². The highest BCUT2D eigenvalue weighted by Crippen LogP contribution is 2.30. The van der Waals surface area contributed by atoms with E-state index in [-0.39, 0.29) is 5.75 Å². The molecule has 4 rings (SSSR count). The van der Waals surface area contributed by atoms with Crippen LogP contribution in [0.5, 0.6) is 5.75 Å². The molecule has 0 unspecified atom stereocenters. The van der Waals surface area contributed by atoms with Gasteiger partial charge >= 0.3 is 0 Å². The predicted molar refractivity (Wildman–Crippen MR) is 96.0 cm³/mol. The predicted octanol–water partition coefficient (Wildman–Crippen LogP) is 3.78. The smallest absolute Gasteiger partial charge is 0.126 e. The fraction of sp³-hybridized carbons (Fsp3) is 0.263. The molecule has 0 bridgehead atoms. The molecule has 122 valence electrons. The molecule has 0 radical (unpaired) electrons. The van der Waals surface area contributed by atoms with Gasteiger partial charge in [-0.25, -0.2) is 9.97 Å². The molecule has 3 aromatic rings. The van der Waals surface area contributed by atoms with Gasteiger partial charge in [-0.3, -0.25) is 4.90 Å². The lowest BCUT2D eigenvalue weighted by atomic mass is 9.98. The molecule has 1 aliphatic rings. The molecule has 0 atom stereocenters. The first-order valence-electron chi connectivity index (χ1n) is 8.08. The largest absolute Gasteiger partial charge is 0.508 e. The maximum atomic E-state index is 9.54. The van der Waals surface area contributed by atoms with Crippen molar-refractivity contribution in [2.24, 2.45) is 0 Å². The first-order valence-corrected chi connectivity index (χ1v) is 9.02. The van der Waals surface area contributed by atoms with Gasteiger partial charge in [0.25, 0.3) is 0 Å². The van der Waals surface area contributed by atoms with Gasteiger partial charge in [-0.1, -0.05) is 0 Å². The lowest BCUT2D eigenvalue weighted by molar-refractivity contribution is 0.243. The summed E-state index contributed by atoms with van der Waals surface area (Å²) in [4.78, 5) is 11.8. The fourth-order valence-corrected chi connectivity index (χ4v) is 3.89. The van der Waals surface area contributed by atoms with Crippen LogP contribution in [0.15, 0.2) is 41.1 Å². The number of thiophene rings is 1. The Morgan fingerprint density at radius 3 is 2.75 bits per heavy atom. The number of nitrogens with zero attached hydrogens (tertiary/aromatic N) is 3. The van der Waals surface area contributed by atoms with E-state index in [2.05, 4.69) is 26.7 Å². The molecule has 1 aliphatic heterocycles. The maximum Gasteiger partial charge on any atom is 0.126 e. The molecule has 0 spiro atoms. The number of rotatable bonds is 3. The van der Waals surface area contributed by atoms with Crippen LogP contribution in [0.3, 0.4) is 0 Å². The zero-order chi connectivity index (χ0) is 16.5. The average molecular weight is 337 g/mol. The van der Waals surface area contributed by atoms with Crippen molar-refractivity contribution in [3.8, 4) is 17.0 Å². The second-order valence-corrected chi connectivity index (χ2v) is 6.96. The van der Waals surface area contributed by atoms with Crippen molar-refractivity contribution in [2.75, 3.05) is 6.54 Å². The SMILES string of the molecule is Cc1nc2c(c(-c3ccc(O)cc3)n1)CN(Cc1ccsc1)CC2. The Morgan fingerprint density at radius 2 is 2.00 bits per heavy atom. The van der Waals surface area contributed by atoms with Crippen LogP contribution in [0.1, 0.15) is 22.6 Å². The second kappa shape index (κ2) is 6.34. The minimum Gasteiger partial charge on any atom is -0.508 e. The van der Waals surface area contributed by atoms with Gasteiger partial charge in [-0.05, 0) is 53.6 Å². The first kappa shape index (κ1) is 15.3. The van der Waals surface area contributed by atoms with E-state index in [1.807, 2.05) is 19.1 Å². The molecule has 1 aromatic carbocycles. The Balaban J connectivity index is 1.69. The van der Waals surface area contributed by atoms with E-state index in [1.165, 1.54) is 11.1 Å². The van der Waals surface area contributed by atoms with Crippen LogP contribution < -0.4 is 0 Å². The number of aromatic hydroxyl groups is 1. The zero-order valence-electron chi connectivity index (χ0n) is 13.6. The Bertz CT molecular complexity index is 844. The third-order valence-corrected chi connectivity index (χ3v) is 5.11. The standard InChI is InChI=1S/C19H19N3OS/c1-13-20-18-6-8-22(10-14-7-9-24-12-14)11-17(18)19(21-13)15-2-4-16(23)5-3-15/h2-5,7,9,12,23H,6,8,10-11H2,1H3. The molecular weight excluding hydrogens is 318 g/mol. The van der Waals surface area contributed by atoms with Crippen molar-refractivity contribution in [3.63, 3.8) is 0 Å². The molecule has 24 heavy (non-hydrogen) atoms. The topological polar surface area (TPSA) is 49.3 Å². The van der Waals surface area contributed by atoms with Crippen LogP contribution in [-0.2, 0) is 19.5 Å². The van der Waals surface area contributed by atoms with Crippen molar-refractivity contribution >= 4 is 11.3 Å². The van der Waals surface area contributed by atoms with E-state index in [1.54, 1.807) is 23.5 Å². The number of phenols is 1. The third-order valence-electron chi connectivity index (χ3n) is 4.38. The van der Waals surface area contributed by atoms with Gasteiger partial charge in [-0.2, -0.15) is 11.3 Å². The number of aromatic nitrogens is 2. The molecule has 5 heteroatoms. The second-order valence-electron chi connectivity index (χ2n) is 6.18. The molecule has 0 amide bonds. The number of aryl methyl sites for hydroxylation is 1. The van der Waals surface area contributed by atoms with Crippen LogP contribution in [-0.4, -0.2) is 26.5 Å². The number of phenolic OH excluding ortho intramolecular Hbond substituents is 1. The Kier molecular flexibility index (Phi) is 4.04. The van der Waals surface area contributed by atoms with E-state index < -0.39 is 0 Å². The maximum absolute atomic E-state index is 9.54. The normalized spacial score (nSPS) is 14.5. The van der Waals surface area contributed by atoms with Gasteiger partial charge in [0.15, 0.2) is 0 Å². The van der Waals surface area contributed by atoms with Gasteiger partial charge in [0, 0.05) is 37.2 Å². The van der Waals surface area contributed by atoms with Gasteiger partial charge in [0.1, 0.15) is 11.6 Å². The Labute approximate surface area is 145 Å². The van der Waals surface area contributed by atoms with Crippen molar-refractivity contribution in [1.29, 1.82) is 0 Å². The van der Waals surface area contributed by atoms with E-state index in [9.17, 15) is 5.11 Å². The third kappa shape index (κ3) is 3.05. The number of benzene rings is 1. The van der Waals surface area contributed by atoms with Crippen LogP contribution in [0, 0.1) is 6.92 Å². The summed E-state index contributed by atoms with van der Waals surface area (Å²) in [6.45, 7) is 4.80. The minimum atomic E-state index is 0.275. The summed E-state index contributed by atoms with van der Waals surface area (Å²) in [5, 5.41) is 13.9. The van der Waals surface area contributed by atoms with Gasteiger partial charge in [0.2, 0.25) is 0 Å². The van der Waals surface area contributed by atoms with E-state index in [0.29, 0.717) is 0 Å². The van der Waals surface area contributed by atoms with E-state index >= 15 is 0 Å². The summed E-state index contributed by atoms with van der Waals surface area (Å²) in [6, 6.07) is 9.47. The van der Waals surface area contributed by atoms with Crippen LogP contribution >= 0.6 is 11.3 Å². The molecule has 3 heterocycles. The van der Waals surface area contributed by atoms with Crippen molar-refractivity contribution < 1.29 is 5.11 Å². The molecule has 0 saturated heterocycles. The molecular formula is C19H19N3OS. The summed E-state index contributed by atoms with van der Waals surface area (Å²) in [5.74, 6) is 1.08. The fourth-order valence-electron chi connectivity index (χ4n) is 3.23. The summed E-state index contributed by atoms with van der Waals surface area (Å²) in [6.07, 6.45) is 0.952. The molecule has 0 saturated carbocycles. The number of fused-ring (bicyclic) bond motifs is 1. The molecule has 1 N–H and O–H groups in total. The molecule has 0 fully saturated rings. The minimum absolute atomic E-state index is 0.275. The highest BCUT2D eigenvalue weighted by Gasteiger charge is 2.22. The quantitative estimate of drug-likeness (QED) is 0.790. The Hall–Kier alpha value is -2.24. The number of hydrogen-bond donors (Lipinski definition) is 1.